The van der Waals surface area contributed by atoms with Crippen molar-refractivity contribution in [2.75, 3.05) is 58.2 Å². The average Bonchev–Trinajstić information content (AvgIpc) is 4.09. The van der Waals surface area contributed by atoms with Gasteiger partial charge in [0.05, 0.1) is 30.3 Å². The predicted octanol–water partition coefficient (Wildman–Crippen LogP) is 7.77. The number of carbonyl (C=O) groups excluding carboxylic acids is 4. The van der Waals surface area contributed by atoms with Crippen molar-refractivity contribution in [2.45, 2.75) is 61.9 Å². The fraction of sp³-hybridized carbons (Fsp3) is 0.333. The molecule has 5 aromatic rings. The molecule has 14 heteroatoms. The van der Waals surface area contributed by atoms with Crippen molar-refractivity contribution < 1.29 is 48.0 Å². The van der Waals surface area contributed by atoms with Gasteiger partial charge in [0.1, 0.15) is 29.9 Å². The molecule has 1 aliphatic carbocycles. The first-order valence-electron chi connectivity index (χ1n) is 24.4. The Bertz CT molecular complexity index is 2950. The Labute approximate surface area is 412 Å². The van der Waals surface area contributed by atoms with E-state index in [0.717, 1.165) is 52.8 Å². The SMILES string of the molecule is COCCOC(=O)N1C(=O)[C@@]2(c3cc(C#CC4=CCCCC4)ccc31)[C@H](c1ccc(O)cc1)N1[C@H](c3ccccc3)[C@H](c3ccccc3)OC(=O)[C@H]1[C@@H]2C(=O)N1CCN(Cc2ccc3c(c2)OCO3)CC1. The number of piperazine rings is 1. The maximum atomic E-state index is 16.5. The molecule has 362 valence electrons. The van der Waals surface area contributed by atoms with E-state index in [-0.39, 0.29) is 31.4 Å². The van der Waals surface area contributed by atoms with E-state index in [9.17, 15) is 9.90 Å². The number of ether oxygens (including phenoxy) is 5. The van der Waals surface area contributed by atoms with Crippen LogP contribution in [0, 0.1) is 17.8 Å². The van der Waals surface area contributed by atoms with Crippen molar-refractivity contribution in [3.63, 3.8) is 0 Å². The monoisotopic (exact) mass is 954 g/mol. The summed E-state index contributed by atoms with van der Waals surface area (Å²) in [5.74, 6) is 4.83. The number of methoxy groups -OCH3 is 1. The number of rotatable bonds is 9. The van der Waals surface area contributed by atoms with Gasteiger partial charge in [-0.15, -0.1) is 0 Å². The van der Waals surface area contributed by atoms with E-state index in [4.69, 9.17) is 23.7 Å². The first-order chi connectivity index (χ1) is 34.7. The molecule has 6 atom stereocenters. The molecule has 0 aromatic heterocycles. The number of anilines is 1. The van der Waals surface area contributed by atoms with Gasteiger partial charge in [0, 0.05) is 45.4 Å². The molecular formula is C57H54N4O10. The summed E-state index contributed by atoms with van der Waals surface area (Å²) in [5, 5.41) is 10.8. The molecule has 11 rings (SSSR count). The van der Waals surface area contributed by atoms with Gasteiger partial charge in [0.25, 0.3) is 0 Å². The van der Waals surface area contributed by atoms with Gasteiger partial charge < -0.3 is 33.7 Å². The molecule has 1 spiro atoms. The summed E-state index contributed by atoms with van der Waals surface area (Å²) in [6, 6.07) is 33.6. The second-order valence-corrected chi connectivity index (χ2v) is 18.9. The van der Waals surface area contributed by atoms with E-state index < -0.39 is 59.4 Å². The number of cyclic esters (lactones) is 1. The summed E-state index contributed by atoms with van der Waals surface area (Å²) < 4.78 is 28.8. The average molecular weight is 955 g/mol. The number of allylic oxidation sites excluding steroid dienone is 2. The summed E-state index contributed by atoms with van der Waals surface area (Å²) in [4.78, 5) is 70.0. The maximum absolute atomic E-state index is 16.5. The zero-order chi connectivity index (χ0) is 48.6. The Hall–Kier alpha value is -7.44. The van der Waals surface area contributed by atoms with Crippen LogP contribution in [0.1, 0.15) is 77.3 Å². The summed E-state index contributed by atoms with van der Waals surface area (Å²) >= 11 is 0. The zero-order valence-electron chi connectivity index (χ0n) is 39.4. The number of esters is 1. The minimum Gasteiger partial charge on any atom is -0.508 e. The fourth-order valence-electron chi connectivity index (χ4n) is 11.6. The number of phenolic OH excluding ortho intramolecular Hbond substituents is 1. The van der Waals surface area contributed by atoms with Crippen molar-refractivity contribution >= 4 is 29.6 Å². The van der Waals surface area contributed by atoms with Crippen LogP contribution in [-0.4, -0.2) is 103 Å². The van der Waals surface area contributed by atoms with Crippen LogP contribution in [0.4, 0.5) is 10.5 Å². The van der Waals surface area contributed by atoms with Crippen LogP contribution in [0.2, 0.25) is 0 Å². The normalized spacial score (nSPS) is 24.7. The smallest absolute Gasteiger partial charge is 0.421 e. The molecule has 5 heterocycles. The minimum atomic E-state index is -1.97. The third-order valence-corrected chi connectivity index (χ3v) is 14.8. The molecule has 3 saturated heterocycles. The number of nitrogens with zero attached hydrogens (tertiary/aromatic N) is 4. The third kappa shape index (κ3) is 8.27. The quantitative estimate of drug-likeness (QED) is 0.0875. The van der Waals surface area contributed by atoms with E-state index in [1.54, 1.807) is 29.2 Å². The van der Waals surface area contributed by atoms with Crippen LogP contribution in [0.15, 0.2) is 133 Å². The molecule has 0 radical (unpaired) electrons. The number of aromatic hydroxyl groups is 1. The highest BCUT2D eigenvalue weighted by Gasteiger charge is 2.76. The Balaban J connectivity index is 1.11. The molecule has 3 amide bonds. The lowest BCUT2D eigenvalue weighted by Gasteiger charge is -2.46. The second-order valence-electron chi connectivity index (χ2n) is 18.9. The second kappa shape index (κ2) is 19.4. The lowest BCUT2D eigenvalue weighted by molar-refractivity contribution is -0.179. The molecule has 1 N–H and O–H groups in total. The van der Waals surface area contributed by atoms with Crippen LogP contribution >= 0.6 is 0 Å². The summed E-state index contributed by atoms with van der Waals surface area (Å²) in [6.45, 7) is 2.30. The first-order valence-corrected chi connectivity index (χ1v) is 24.4. The molecule has 0 saturated carbocycles. The van der Waals surface area contributed by atoms with E-state index in [2.05, 4.69) is 22.8 Å². The molecule has 5 aliphatic heterocycles. The lowest BCUT2D eigenvalue weighted by atomic mass is 9.64. The van der Waals surface area contributed by atoms with E-state index in [1.807, 2.05) is 89.8 Å². The van der Waals surface area contributed by atoms with Crippen molar-refractivity contribution in [1.29, 1.82) is 0 Å². The predicted molar refractivity (Wildman–Crippen MR) is 261 cm³/mol. The third-order valence-electron chi connectivity index (χ3n) is 14.8. The van der Waals surface area contributed by atoms with Gasteiger partial charge in [-0.25, -0.2) is 9.69 Å². The van der Waals surface area contributed by atoms with Gasteiger partial charge in [-0.3, -0.25) is 24.2 Å². The van der Waals surface area contributed by atoms with Crippen LogP contribution in [0.3, 0.4) is 0 Å². The van der Waals surface area contributed by atoms with Gasteiger partial charge in [-0.1, -0.05) is 96.8 Å². The van der Waals surface area contributed by atoms with Gasteiger partial charge in [-0.05, 0) is 102 Å². The molecule has 0 bridgehead atoms. The van der Waals surface area contributed by atoms with Gasteiger partial charge in [0.15, 0.2) is 11.5 Å². The Morgan fingerprint density at radius 2 is 1.52 bits per heavy atom. The fourth-order valence-corrected chi connectivity index (χ4v) is 11.6. The zero-order valence-corrected chi connectivity index (χ0v) is 39.4. The van der Waals surface area contributed by atoms with Crippen molar-refractivity contribution in [3.8, 4) is 29.1 Å². The number of benzene rings is 5. The summed E-state index contributed by atoms with van der Waals surface area (Å²) in [7, 11) is 1.49. The van der Waals surface area contributed by atoms with Gasteiger partial charge in [0.2, 0.25) is 18.6 Å². The molecule has 71 heavy (non-hydrogen) atoms. The van der Waals surface area contributed by atoms with Crippen LogP contribution in [-0.2, 0) is 40.6 Å². The lowest BCUT2D eigenvalue weighted by Crippen LogP contribution is -2.59. The minimum absolute atomic E-state index is 0.0144. The largest absolute Gasteiger partial charge is 0.508 e. The van der Waals surface area contributed by atoms with E-state index in [0.29, 0.717) is 60.9 Å². The number of amides is 3. The van der Waals surface area contributed by atoms with E-state index in [1.165, 1.54) is 19.2 Å². The number of imide groups is 1. The highest BCUT2D eigenvalue weighted by atomic mass is 16.7. The number of carbonyl (C=O) groups is 4. The number of hydrogen-bond acceptors (Lipinski definition) is 12. The Kier molecular flexibility index (Phi) is 12.6. The molecular weight excluding hydrogens is 901 g/mol. The first kappa shape index (κ1) is 46.0. The molecule has 0 unspecified atom stereocenters. The Morgan fingerprint density at radius 3 is 2.25 bits per heavy atom. The standard InChI is InChI=1S/C57H54N4O10/c1-67-31-32-68-56(66)60-45-25-19-38(18-17-37-11-5-2-6-12-37)33-44(45)57(55(60)65)48(53(63)59-29-27-58(28-30-59)35-39-20-26-46-47(34-39)70-36-69-46)50-54(64)71-51(41-15-9-4-10-16-41)49(40-13-7-3-8-14-40)61(50)52(57)42-21-23-43(62)24-22-42/h3-4,7-11,13-16,19-26,33-34,48-52,62H,2,5-6,12,27-32,35-36H2,1H3/t48-,49-,50-,51+,52+,57-/m1/s1. The van der Waals surface area contributed by atoms with Crippen LogP contribution in [0.25, 0.3) is 0 Å². The molecule has 14 nitrogen and oxygen atoms in total. The topological polar surface area (TPSA) is 148 Å². The summed E-state index contributed by atoms with van der Waals surface area (Å²) in [6.07, 6.45) is 4.25. The highest BCUT2D eigenvalue weighted by Crippen LogP contribution is 2.66. The number of phenols is 1. The maximum Gasteiger partial charge on any atom is 0.421 e. The van der Waals surface area contributed by atoms with Crippen LogP contribution < -0.4 is 14.4 Å². The molecule has 6 aliphatic rings. The summed E-state index contributed by atoms with van der Waals surface area (Å²) in [5.41, 5.74) is 3.27. The highest BCUT2D eigenvalue weighted by molar-refractivity contribution is 6.23. The number of morpholine rings is 1. The van der Waals surface area contributed by atoms with Gasteiger partial charge in [-0.2, -0.15) is 0 Å². The Morgan fingerprint density at radius 1 is 0.775 bits per heavy atom. The van der Waals surface area contributed by atoms with E-state index >= 15 is 14.4 Å². The van der Waals surface area contributed by atoms with Crippen molar-refractivity contribution in [3.05, 3.63) is 166 Å². The number of fused-ring (bicyclic) bond motifs is 4. The van der Waals surface area contributed by atoms with Crippen LogP contribution in [0.5, 0.6) is 17.2 Å². The van der Waals surface area contributed by atoms with Crippen molar-refractivity contribution in [2.24, 2.45) is 5.92 Å². The number of hydrogen-bond donors (Lipinski definition) is 1. The van der Waals surface area contributed by atoms with Gasteiger partial charge >= 0.3 is 12.1 Å². The molecule has 3 fully saturated rings. The molecule has 5 aromatic carbocycles. The van der Waals surface area contributed by atoms with Crippen molar-refractivity contribution in [1.82, 2.24) is 14.7 Å².